The van der Waals surface area contributed by atoms with E-state index in [1.165, 1.54) is 16.5 Å². The minimum absolute atomic E-state index is 0.115. The Bertz CT molecular complexity index is 474. The van der Waals surface area contributed by atoms with Crippen molar-refractivity contribution in [3.05, 3.63) is 24.3 Å². The van der Waals surface area contributed by atoms with Crippen LogP contribution in [0.25, 0.3) is 10.2 Å². The van der Waals surface area contributed by atoms with Gasteiger partial charge in [-0.3, -0.25) is 4.79 Å². The zero-order valence-electron chi connectivity index (χ0n) is 9.14. The summed E-state index contributed by atoms with van der Waals surface area (Å²) >= 11 is 3.13. The Morgan fingerprint density at radius 2 is 2.19 bits per heavy atom. The van der Waals surface area contributed by atoms with Gasteiger partial charge in [0.15, 0.2) is 4.34 Å². The van der Waals surface area contributed by atoms with Crippen LogP contribution in [0.5, 0.6) is 0 Å². The van der Waals surface area contributed by atoms with Crippen molar-refractivity contribution in [3.8, 4) is 0 Å². The van der Waals surface area contributed by atoms with Gasteiger partial charge in [-0.2, -0.15) is 0 Å². The monoisotopic (exact) mass is 252 g/mol. The number of hydrogen-bond donors (Lipinski definition) is 0. The number of thioether (sulfide) groups is 1. The predicted molar refractivity (Wildman–Crippen MR) is 69.0 cm³/mol. The number of aromatic nitrogens is 1. The van der Waals surface area contributed by atoms with Crippen LogP contribution in [0, 0.1) is 0 Å². The summed E-state index contributed by atoms with van der Waals surface area (Å²) in [6.45, 7) is 0. The Morgan fingerprint density at radius 1 is 1.44 bits per heavy atom. The van der Waals surface area contributed by atoms with Gasteiger partial charge in [0.25, 0.3) is 0 Å². The quantitative estimate of drug-likeness (QED) is 0.787. The van der Waals surface area contributed by atoms with Crippen LogP contribution in [0.15, 0.2) is 28.6 Å². The summed E-state index contributed by atoms with van der Waals surface area (Å²) in [7, 11) is 3.53. The molecule has 0 aliphatic heterocycles. The third kappa shape index (κ3) is 2.54. The Hall–Kier alpha value is -1.07. The Balaban J connectivity index is 2.07. The third-order valence-corrected chi connectivity index (χ3v) is 4.26. The van der Waals surface area contributed by atoms with Crippen molar-refractivity contribution in [2.75, 3.05) is 19.8 Å². The Labute approximate surface area is 102 Å². The summed E-state index contributed by atoms with van der Waals surface area (Å²) in [6.07, 6.45) is 0. The molecule has 1 aromatic carbocycles. The molecule has 1 heterocycles. The number of hydrogen-bond acceptors (Lipinski definition) is 4. The fourth-order valence-electron chi connectivity index (χ4n) is 1.17. The summed E-state index contributed by atoms with van der Waals surface area (Å²) in [5.74, 6) is 0.566. The van der Waals surface area contributed by atoms with E-state index < -0.39 is 0 Å². The standard InChI is InChI=1S/C11H12N2OS2/c1-13(2)10(14)7-15-11-12-8-5-3-4-6-9(8)16-11/h3-6H,7H2,1-2H3. The first-order valence-corrected chi connectivity index (χ1v) is 6.65. The molecule has 2 aromatic rings. The average Bonchev–Trinajstić information content (AvgIpc) is 2.68. The highest BCUT2D eigenvalue weighted by atomic mass is 32.2. The molecule has 0 aliphatic carbocycles. The molecule has 84 valence electrons. The lowest BCUT2D eigenvalue weighted by Gasteiger charge is -2.07. The van der Waals surface area contributed by atoms with Crippen LogP contribution in [-0.4, -0.2) is 35.6 Å². The number of rotatable bonds is 3. The van der Waals surface area contributed by atoms with E-state index in [0.717, 1.165) is 9.86 Å². The fourth-order valence-corrected chi connectivity index (χ4v) is 3.21. The Morgan fingerprint density at radius 3 is 2.88 bits per heavy atom. The van der Waals surface area contributed by atoms with Gasteiger partial charge in [0.1, 0.15) is 0 Å². The minimum Gasteiger partial charge on any atom is -0.348 e. The summed E-state index contributed by atoms with van der Waals surface area (Å²) in [4.78, 5) is 17.5. The maximum absolute atomic E-state index is 11.4. The molecular weight excluding hydrogens is 240 g/mol. The first-order chi connectivity index (χ1) is 7.66. The largest absolute Gasteiger partial charge is 0.348 e. The van der Waals surface area contributed by atoms with Crippen LogP contribution in [0.1, 0.15) is 0 Å². The first kappa shape index (κ1) is 11.4. The number of carbonyl (C=O) groups excluding carboxylic acids is 1. The number of thiazole rings is 1. The van der Waals surface area contributed by atoms with Crippen LogP contribution in [-0.2, 0) is 4.79 Å². The molecular formula is C11H12N2OS2. The molecule has 0 atom stereocenters. The second kappa shape index (κ2) is 4.84. The molecule has 5 heteroatoms. The first-order valence-electron chi connectivity index (χ1n) is 4.85. The van der Waals surface area contributed by atoms with Crippen molar-refractivity contribution in [1.29, 1.82) is 0 Å². The lowest BCUT2D eigenvalue weighted by molar-refractivity contribution is -0.125. The second-order valence-corrected chi connectivity index (χ2v) is 5.78. The molecule has 0 bridgehead atoms. The number of nitrogens with zero attached hydrogens (tertiary/aromatic N) is 2. The van der Waals surface area contributed by atoms with E-state index in [0.29, 0.717) is 5.75 Å². The van der Waals surface area contributed by atoms with E-state index in [1.54, 1.807) is 30.3 Å². The van der Waals surface area contributed by atoms with E-state index in [1.807, 2.05) is 24.3 Å². The van der Waals surface area contributed by atoms with Crippen molar-refractivity contribution < 1.29 is 4.79 Å². The molecule has 0 radical (unpaired) electrons. The number of amides is 1. The lowest BCUT2D eigenvalue weighted by Crippen LogP contribution is -2.23. The number of carbonyl (C=O) groups is 1. The van der Waals surface area contributed by atoms with Crippen molar-refractivity contribution in [2.45, 2.75) is 4.34 Å². The van der Waals surface area contributed by atoms with Gasteiger partial charge in [-0.15, -0.1) is 11.3 Å². The van der Waals surface area contributed by atoms with E-state index in [2.05, 4.69) is 4.98 Å². The smallest absolute Gasteiger partial charge is 0.232 e. The lowest BCUT2D eigenvalue weighted by atomic mass is 10.3. The molecule has 1 amide bonds. The molecule has 2 rings (SSSR count). The van der Waals surface area contributed by atoms with E-state index in [4.69, 9.17) is 0 Å². The molecule has 1 aromatic heterocycles. The molecule has 0 saturated heterocycles. The van der Waals surface area contributed by atoms with Gasteiger partial charge < -0.3 is 4.90 Å². The zero-order chi connectivity index (χ0) is 11.5. The SMILES string of the molecule is CN(C)C(=O)CSc1nc2ccccc2s1. The highest BCUT2D eigenvalue weighted by molar-refractivity contribution is 8.01. The molecule has 0 N–H and O–H groups in total. The maximum Gasteiger partial charge on any atom is 0.232 e. The molecule has 16 heavy (non-hydrogen) atoms. The van der Waals surface area contributed by atoms with Crippen molar-refractivity contribution in [2.24, 2.45) is 0 Å². The van der Waals surface area contributed by atoms with Crippen LogP contribution in [0.2, 0.25) is 0 Å². The van der Waals surface area contributed by atoms with Gasteiger partial charge in [-0.05, 0) is 12.1 Å². The van der Waals surface area contributed by atoms with Crippen LogP contribution in [0.3, 0.4) is 0 Å². The highest BCUT2D eigenvalue weighted by Crippen LogP contribution is 2.29. The van der Waals surface area contributed by atoms with E-state index in [-0.39, 0.29) is 5.91 Å². The summed E-state index contributed by atoms with van der Waals surface area (Å²) < 4.78 is 2.12. The number of fused-ring (bicyclic) bond motifs is 1. The average molecular weight is 252 g/mol. The summed E-state index contributed by atoms with van der Waals surface area (Å²) in [5.41, 5.74) is 1.01. The van der Waals surface area contributed by atoms with E-state index in [9.17, 15) is 4.79 Å². The summed E-state index contributed by atoms with van der Waals surface area (Å²) in [5, 5.41) is 0. The fraction of sp³-hybridized carbons (Fsp3) is 0.273. The zero-order valence-corrected chi connectivity index (χ0v) is 10.8. The van der Waals surface area contributed by atoms with Gasteiger partial charge in [0.2, 0.25) is 5.91 Å². The topological polar surface area (TPSA) is 33.2 Å². The number of para-hydroxylation sites is 1. The predicted octanol–water partition coefficient (Wildman–Crippen LogP) is 2.48. The normalized spacial score (nSPS) is 10.6. The van der Waals surface area contributed by atoms with Gasteiger partial charge in [0, 0.05) is 14.1 Å². The molecule has 0 spiro atoms. The maximum atomic E-state index is 11.4. The van der Waals surface area contributed by atoms with Gasteiger partial charge in [-0.25, -0.2) is 4.98 Å². The molecule has 3 nitrogen and oxygen atoms in total. The second-order valence-electron chi connectivity index (χ2n) is 3.52. The summed E-state index contributed by atoms with van der Waals surface area (Å²) in [6, 6.07) is 8.01. The van der Waals surface area contributed by atoms with Gasteiger partial charge >= 0.3 is 0 Å². The van der Waals surface area contributed by atoms with Crippen LogP contribution >= 0.6 is 23.1 Å². The van der Waals surface area contributed by atoms with Crippen molar-refractivity contribution in [3.63, 3.8) is 0 Å². The van der Waals surface area contributed by atoms with Crippen molar-refractivity contribution >= 4 is 39.2 Å². The van der Waals surface area contributed by atoms with Crippen LogP contribution in [0.4, 0.5) is 0 Å². The third-order valence-electron chi connectivity index (χ3n) is 2.09. The van der Waals surface area contributed by atoms with Gasteiger partial charge in [0.05, 0.1) is 16.0 Å². The van der Waals surface area contributed by atoms with Crippen LogP contribution < -0.4 is 0 Å². The van der Waals surface area contributed by atoms with E-state index >= 15 is 0 Å². The molecule has 0 fully saturated rings. The Kier molecular flexibility index (Phi) is 3.46. The van der Waals surface area contributed by atoms with Gasteiger partial charge in [-0.1, -0.05) is 23.9 Å². The molecule has 0 unspecified atom stereocenters. The van der Waals surface area contributed by atoms with Crippen molar-refractivity contribution in [1.82, 2.24) is 9.88 Å². The molecule has 0 saturated carbocycles. The highest BCUT2D eigenvalue weighted by Gasteiger charge is 2.08. The number of benzene rings is 1. The molecule has 0 aliphatic rings. The minimum atomic E-state index is 0.115.